The molecule has 32 heteroatoms. The molecule has 0 aromatic carbocycles. The van der Waals surface area contributed by atoms with Crippen LogP contribution in [0.1, 0.15) is 434 Å². The van der Waals surface area contributed by atoms with Gasteiger partial charge in [0.25, 0.3) is 0 Å². The Bertz CT molecular complexity index is 3740. The van der Waals surface area contributed by atoms with Gasteiger partial charge in [0.2, 0.25) is 0 Å². The first kappa shape index (κ1) is 139. The highest BCUT2D eigenvalue weighted by Gasteiger charge is 2.32. The molecule has 0 aromatic heterocycles. The van der Waals surface area contributed by atoms with E-state index in [0.717, 1.165) is 154 Å². The summed E-state index contributed by atoms with van der Waals surface area (Å²) in [7, 11) is 0. The van der Waals surface area contributed by atoms with Crippen LogP contribution in [0.25, 0.3) is 0 Å². The molecule has 0 saturated carbocycles. The molecule has 0 fully saturated rings. The van der Waals surface area contributed by atoms with Gasteiger partial charge < -0.3 is 92.8 Å². The number of Topliss-reactive ketones (excluding diaryl/α,β-unsaturated/α-hetero) is 2. The third-order valence-electron chi connectivity index (χ3n) is 20.9. The Balaban J connectivity index is 0.000000847. The number of aliphatic hydroxyl groups is 3. The number of nitrogens with one attached hydrogen (secondary N) is 3. The van der Waals surface area contributed by atoms with Crippen LogP contribution in [-0.2, 0) is 71.2 Å². The SMILES string of the molecule is CC(C)(C)NC(=O)OC1/C=C/CC(=O)CCC1.CC(C)(C)NC(=O)OC1/C=C/CC(O)CCC1.CC(C)(C)NC(=O)OC1/C=C/CC(OC(C)(C)C)CCC1.CC(C)(C)OC(=O)OC1/C=C/CC(O)CCC1.CC(C)(C)OC(=O)OC1/C=C/CC(OC(C)(C)C)CCC1.CC(C)(C)OC1C/C=C/C(OC(=O)SC(C)(C)C)CCC1.CC(C)(C)SC(=O)OC1/C=C/CC(=O)CCC1.CC(C)(C)SC(=O)OC1/C=C/CC(O)CCC1. The van der Waals surface area contributed by atoms with Crippen molar-refractivity contribution in [2.24, 2.45) is 0 Å². The van der Waals surface area contributed by atoms with E-state index in [2.05, 4.69) is 90.4 Å². The molecule has 8 rings (SSSR count). The lowest BCUT2D eigenvalue weighted by atomic mass is 10.0. The Labute approximate surface area is 904 Å². The van der Waals surface area contributed by atoms with E-state index in [1.54, 1.807) is 39.0 Å². The minimum atomic E-state index is -0.631. The van der Waals surface area contributed by atoms with Gasteiger partial charge in [0, 0.05) is 56.5 Å². The number of amides is 3. The molecule has 6 N–H and O–H groups in total. The summed E-state index contributed by atoms with van der Waals surface area (Å²) in [5.41, 5.74) is -2.23. The smallest absolute Gasteiger partial charge is 0.450 e. The van der Waals surface area contributed by atoms with Gasteiger partial charge in [-0.1, -0.05) is 111 Å². The maximum Gasteiger partial charge on any atom is 0.509 e. The summed E-state index contributed by atoms with van der Waals surface area (Å²) in [5.74, 6) is 0.508. The standard InChI is InChI=1S/C17H31NO3.C17H30O4.C17H30O3S.C13H23NO3.C13H21NO3.C13H22O4.C13H22O3S.C13H20O3S/c1-16(2,3)18-15(19)20-13-9-7-11-14(12-8-10-13)21-17(4,5)6;2*1-16(2,3)20-14-11-7-9-13(10-8-12-14)19-15(18)21-17(4,5)6;2*1-13(2,3)14-12(16)17-11-8-4-6-10(15)7-5-9-11;3*1-13(2,3)17-12(15)16-11-8-4-6-10(14)7-5-9-11/h7,9,13-14H,8,10-12H2,1-6H3,(H,18,19);2*7,9,13-14H,8,10-12H2,1-6H3;4,8,10-11,15H,5-7,9H2,1-3H3,(H,14,16);4,8,11H,5-7,9H2,1-3H3,(H,14,16);2*4,8,10-11,14H,5-7,9H2,1-3H3;4,8,11H,5-7,9H2,1-3H3/b3*9-7+;5*8-4+. The molecule has 29 nitrogen and oxygen atoms in total. The van der Waals surface area contributed by atoms with Gasteiger partial charge in [-0.15, -0.1) is 0 Å². The fourth-order valence-electron chi connectivity index (χ4n) is 15.0. The van der Waals surface area contributed by atoms with Gasteiger partial charge in [0.15, 0.2) is 0 Å². The van der Waals surface area contributed by atoms with Crippen molar-refractivity contribution < 1.29 is 125 Å². The van der Waals surface area contributed by atoms with Crippen LogP contribution in [0.2, 0.25) is 0 Å². The number of allylic oxidation sites excluding steroid dienone is 2. The van der Waals surface area contributed by atoms with Gasteiger partial charge in [-0.05, 0) is 430 Å². The first-order chi connectivity index (χ1) is 68.0. The highest BCUT2D eigenvalue weighted by Crippen LogP contribution is 2.34. The van der Waals surface area contributed by atoms with Crippen molar-refractivity contribution in [2.45, 2.75) is 578 Å². The van der Waals surface area contributed by atoms with Gasteiger partial charge >= 0.3 is 46.5 Å². The van der Waals surface area contributed by atoms with Crippen molar-refractivity contribution in [3.63, 3.8) is 0 Å². The first-order valence-corrected chi connectivity index (χ1v) is 56.3. The number of rotatable bonds is 11. The molecular formula is C116H199N3O26S3. The number of thioether (sulfide) groups is 3. The van der Waals surface area contributed by atoms with Crippen molar-refractivity contribution in [3.8, 4) is 0 Å². The monoisotopic (exact) mass is 2150 g/mol. The first-order valence-electron chi connectivity index (χ1n) is 53.9. The number of alkyl carbamates (subject to hydrolysis) is 3. The number of hydrogen-bond donors (Lipinski definition) is 6. The fraction of sp³-hybridized carbons (Fsp3) is 0.776. The zero-order chi connectivity index (χ0) is 113. The minimum Gasteiger partial charge on any atom is -0.450 e. The second-order valence-electron chi connectivity index (χ2n) is 49.8. The molecule has 0 saturated heterocycles. The molecule has 0 aliphatic heterocycles. The third kappa shape index (κ3) is 85.3. The van der Waals surface area contributed by atoms with Crippen LogP contribution in [0, 0.1) is 0 Å². The zero-order valence-corrected chi connectivity index (χ0v) is 99.4. The lowest BCUT2D eigenvalue weighted by Crippen LogP contribution is -2.42. The molecule has 3 amide bonds. The minimum absolute atomic E-state index is 0.0945. The summed E-state index contributed by atoms with van der Waals surface area (Å²) in [6.45, 7) is 64.9. The molecule has 0 heterocycles. The quantitative estimate of drug-likeness (QED) is 0.0635. The number of carbonyl (C=O) groups excluding carboxylic acids is 10. The second kappa shape index (κ2) is 68.9. The van der Waals surface area contributed by atoms with E-state index in [1.165, 1.54) is 35.3 Å². The Morgan fingerprint density at radius 2 is 0.459 bits per heavy atom. The average Bonchev–Trinajstić information content (AvgIpc) is 0.883. The van der Waals surface area contributed by atoms with E-state index in [0.29, 0.717) is 51.4 Å². The van der Waals surface area contributed by atoms with Crippen LogP contribution < -0.4 is 16.0 Å². The van der Waals surface area contributed by atoms with Crippen LogP contribution in [0.15, 0.2) is 97.2 Å². The van der Waals surface area contributed by atoms with E-state index in [1.807, 2.05) is 212 Å². The van der Waals surface area contributed by atoms with Crippen LogP contribution in [0.5, 0.6) is 0 Å². The Kier molecular flexibility index (Phi) is 64.6. The number of aliphatic hydroxyl groups excluding tert-OH is 3. The normalized spacial score (nSPS) is 25.9. The molecule has 852 valence electrons. The van der Waals surface area contributed by atoms with E-state index in [9.17, 15) is 63.3 Å². The summed E-state index contributed by atoms with van der Waals surface area (Å²) in [4.78, 5) is 116. The van der Waals surface area contributed by atoms with E-state index >= 15 is 0 Å². The van der Waals surface area contributed by atoms with E-state index in [4.69, 9.17) is 61.6 Å². The lowest BCUT2D eigenvalue weighted by molar-refractivity contribution is -0.119. The largest absolute Gasteiger partial charge is 0.509 e. The Hall–Kier alpha value is -7.17. The highest BCUT2D eigenvalue weighted by atomic mass is 32.2. The van der Waals surface area contributed by atoms with Gasteiger partial charge in [-0.25, -0.2) is 38.4 Å². The Morgan fingerprint density at radius 1 is 0.257 bits per heavy atom. The van der Waals surface area contributed by atoms with Crippen LogP contribution >= 0.6 is 35.3 Å². The molecule has 0 spiro atoms. The zero-order valence-electron chi connectivity index (χ0n) is 96.9. The van der Waals surface area contributed by atoms with Crippen LogP contribution in [-0.4, -0.2) is 218 Å². The van der Waals surface area contributed by atoms with Crippen molar-refractivity contribution in [1.82, 2.24) is 16.0 Å². The maximum absolute atomic E-state index is 11.9. The van der Waals surface area contributed by atoms with Crippen molar-refractivity contribution in [1.29, 1.82) is 0 Å². The number of ether oxygens (including phenoxy) is 13. The van der Waals surface area contributed by atoms with Crippen molar-refractivity contribution in [3.05, 3.63) is 97.2 Å². The third-order valence-corrected chi connectivity index (χ3v) is 23.5. The highest BCUT2D eigenvalue weighted by molar-refractivity contribution is 8.14. The summed E-state index contributed by atoms with van der Waals surface area (Å²) >= 11 is 3.67. The van der Waals surface area contributed by atoms with Gasteiger partial charge in [0.1, 0.15) is 71.6 Å². The molecule has 8 aliphatic carbocycles. The van der Waals surface area contributed by atoms with E-state index in [-0.39, 0.29) is 173 Å². The molecule has 148 heavy (non-hydrogen) atoms. The second-order valence-corrected chi connectivity index (χ2v) is 55.1. The molecule has 14 atom stereocenters. The molecule has 0 aromatic rings. The van der Waals surface area contributed by atoms with Crippen molar-refractivity contribution >= 4 is 93.3 Å². The summed E-state index contributed by atoms with van der Waals surface area (Å²) in [6, 6.07) is 0. The molecule has 14 unspecified atom stereocenters. The van der Waals surface area contributed by atoms with Gasteiger partial charge in [0.05, 0.1) is 53.4 Å². The summed E-state index contributed by atoms with van der Waals surface area (Å²) < 4.78 is 70.9. The lowest BCUT2D eigenvalue weighted by Gasteiger charge is -2.29. The molecule has 0 radical (unpaired) electrons. The topological polar surface area (TPSA) is 387 Å². The van der Waals surface area contributed by atoms with Crippen LogP contribution in [0.4, 0.5) is 38.4 Å². The summed E-state index contributed by atoms with van der Waals surface area (Å²) in [6.07, 6.45) is 52.2. The predicted octanol–water partition coefficient (Wildman–Crippen LogP) is 29.1. The molecule has 8 aliphatic rings. The molecular weight excluding hydrogens is 1950 g/mol. The van der Waals surface area contributed by atoms with Crippen molar-refractivity contribution in [2.75, 3.05) is 0 Å². The number of carbonyl (C=O) groups is 10. The predicted molar refractivity (Wildman–Crippen MR) is 597 cm³/mol. The number of hydrogen-bond acceptors (Lipinski definition) is 29. The maximum atomic E-state index is 11.9. The van der Waals surface area contributed by atoms with Gasteiger partial charge in [-0.3, -0.25) is 9.59 Å². The van der Waals surface area contributed by atoms with Gasteiger partial charge in [-0.2, -0.15) is 0 Å². The van der Waals surface area contributed by atoms with Crippen LogP contribution in [0.3, 0.4) is 0 Å². The Morgan fingerprint density at radius 3 is 0.676 bits per heavy atom. The van der Waals surface area contributed by atoms with E-state index < -0.39 is 29.6 Å². The summed E-state index contributed by atoms with van der Waals surface area (Å²) in [5, 5.41) is 36.1. The fourth-order valence-corrected chi connectivity index (χ4v) is 17.0. The molecule has 0 bridgehead atoms. The number of ketones is 2. The average molecular weight is 2150 g/mol.